The van der Waals surface area contributed by atoms with Crippen LogP contribution in [0.15, 0.2) is 24.3 Å². The number of carbonyl (C=O) groups excluding carboxylic acids is 2. The van der Waals surface area contributed by atoms with Gasteiger partial charge in [0.15, 0.2) is 0 Å². The van der Waals surface area contributed by atoms with Gasteiger partial charge in [-0.1, -0.05) is 12.1 Å². The summed E-state index contributed by atoms with van der Waals surface area (Å²) in [5.74, 6) is -0.306. The number of hydrogen-bond acceptors (Lipinski definition) is 4. The van der Waals surface area contributed by atoms with E-state index >= 15 is 0 Å². The van der Waals surface area contributed by atoms with E-state index in [-0.39, 0.29) is 18.3 Å². The number of benzene rings is 1. The Morgan fingerprint density at radius 1 is 1.33 bits per heavy atom. The van der Waals surface area contributed by atoms with Gasteiger partial charge in [-0.2, -0.15) is 0 Å². The maximum atomic E-state index is 12.0. The number of ether oxygens (including phenoxy) is 1. The van der Waals surface area contributed by atoms with Gasteiger partial charge in [-0.15, -0.1) is 0 Å². The molecule has 1 heterocycles. The lowest BCUT2D eigenvalue weighted by atomic mass is 10.1. The number of nitrogens with zero attached hydrogens (tertiary/aromatic N) is 2. The third-order valence-electron chi connectivity index (χ3n) is 3.02. The van der Waals surface area contributed by atoms with Crippen molar-refractivity contribution in [3.63, 3.8) is 0 Å². The minimum absolute atomic E-state index is 0.0000954. The van der Waals surface area contributed by atoms with Gasteiger partial charge in [0, 0.05) is 13.6 Å². The second-order valence-corrected chi connectivity index (χ2v) is 4.22. The number of hydrogen-bond donors (Lipinski definition) is 0. The molecule has 2 rings (SSSR count). The van der Waals surface area contributed by atoms with Crippen LogP contribution >= 0.6 is 0 Å². The first-order valence-corrected chi connectivity index (χ1v) is 5.81. The smallest absolute Gasteiger partial charge is 0.307 e. The van der Waals surface area contributed by atoms with Crippen molar-refractivity contribution in [1.82, 2.24) is 0 Å². The van der Waals surface area contributed by atoms with Gasteiger partial charge in [-0.3, -0.25) is 9.59 Å². The van der Waals surface area contributed by atoms with Gasteiger partial charge in [-0.25, -0.2) is 0 Å². The second-order valence-electron chi connectivity index (χ2n) is 4.22. The highest BCUT2D eigenvalue weighted by atomic mass is 16.5. The normalized spacial score (nSPS) is 14.4. The van der Waals surface area contributed by atoms with E-state index in [1.807, 2.05) is 36.2 Å². The van der Waals surface area contributed by atoms with E-state index in [4.69, 9.17) is 0 Å². The van der Waals surface area contributed by atoms with Crippen LogP contribution in [0.2, 0.25) is 0 Å². The molecule has 1 aromatic rings. The maximum absolute atomic E-state index is 12.0. The molecule has 0 radical (unpaired) electrons. The molecule has 0 spiro atoms. The molecule has 0 saturated carbocycles. The van der Waals surface area contributed by atoms with Gasteiger partial charge < -0.3 is 14.5 Å². The molecule has 0 fully saturated rings. The Morgan fingerprint density at radius 2 is 2.00 bits per heavy atom. The zero-order chi connectivity index (χ0) is 13.1. The summed E-state index contributed by atoms with van der Waals surface area (Å²) in [6.45, 7) is 0.689. The summed E-state index contributed by atoms with van der Waals surface area (Å²) < 4.78 is 4.60. The molecular formula is C13H16N2O3. The number of rotatable bonds is 3. The third-order valence-corrected chi connectivity index (χ3v) is 3.02. The molecule has 96 valence electrons. The summed E-state index contributed by atoms with van der Waals surface area (Å²) in [4.78, 5) is 26.7. The average Bonchev–Trinajstić information content (AvgIpc) is 2.38. The molecule has 1 aliphatic rings. The molecule has 5 nitrogen and oxygen atoms in total. The Hall–Kier alpha value is -2.04. The Bertz CT molecular complexity index is 473. The number of amides is 1. The summed E-state index contributed by atoms with van der Waals surface area (Å²) in [7, 11) is 3.23. The van der Waals surface area contributed by atoms with Crippen molar-refractivity contribution >= 4 is 23.3 Å². The van der Waals surface area contributed by atoms with E-state index in [0.29, 0.717) is 13.1 Å². The Balaban J connectivity index is 2.22. The number of likely N-dealkylation sites (N-methyl/N-ethyl adjacent to an activating group) is 1. The van der Waals surface area contributed by atoms with E-state index in [0.717, 1.165) is 11.4 Å². The van der Waals surface area contributed by atoms with Crippen LogP contribution in [-0.2, 0) is 14.3 Å². The molecule has 0 aliphatic carbocycles. The van der Waals surface area contributed by atoms with Crippen LogP contribution in [0.3, 0.4) is 0 Å². The lowest BCUT2D eigenvalue weighted by Crippen LogP contribution is -2.45. The summed E-state index contributed by atoms with van der Waals surface area (Å²) in [5, 5.41) is 0. The molecular weight excluding hydrogens is 232 g/mol. The summed E-state index contributed by atoms with van der Waals surface area (Å²) >= 11 is 0. The van der Waals surface area contributed by atoms with E-state index in [1.54, 1.807) is 4.90 Å². The molecule has 0 N–H and O–H groups in total. The van der Waals surface area contributed by atoms with Gasteiger partial charge in [0.1, 0.15) is 0 Å². The second kappa shape index (κ2) is 5.08. The molecule has 0 aromatic heterocycles. The highest BCUT2D eigenvalue weighted by Crippen LogP contribution is 2.32. The van der Waals surface area contributed by atoms with Crippen molar-refractivity contribution < 1.29 is 14.3 Å². The molecule has 5 heteroatoms. The molecule has 0 atom stereocenters. The van der Waals surface area contributed by atoms with Gasteiger partial charge in [0.25, 0.3) is 0 Å². The van der Waals surface area contributed by atoms with Crippen LogP contribution in [-0.4, -0.2) is 39.1 Å². The molecule has 18 heavy (non-hydrogen) atoms. The zero-order valence-electron chi connectivity index (χ0n) is 10.5. The third kappa shape index (κ3) is 2.30. The highest BCUT2D eigenvalue weighted by Gasteiger charge is 2.27. The molecule has 0 bridgehead atoms. The monoisotopic (exact) mass is 248 g/mol. The van der Waals surface area contributed by atoms with Crippen molar-refractivity contribution in [3.8, 4) is 0 Å². The fourth-order valence-corrected chi connectivity index (χ4v) is 2.07. The molecule has 0 saturated heterocycles. The largest absolute Gasteiger partial charge is 0.469 e. The van der Waals surface area contributed by atoms with Crippen LogP contribution in [0.5, 0.6) is 0 Å². The first kappa shape index (κ1) is 12.4. The van der Waals surface area contributed by atoms with Gasteiger partial charge in [0.05, 0.1) is 31.5 Å². The van der Waals surface area contributed by atoms with Crippen molar-refractivity contribution in [3.05, 3.63) is 24.3 Å². The van der Waals surface area contributed by atoms with E-state index in [1.165, 1.54) is 7.11 Å². The number of fused-ring (bicyclic) bond motifs is 1. The van der Waals surface area contributed by atoms with Crippen molar-refractivity contribution in [2.75, 3.05) is 37.0 Å². The maximum Gasteiger partial charge on any atom is 0.307 e. The Kier molecular flexibility index (Phi) is 3.50. The van der Waals surface area contributed by atoms with Crippen LogP contribution in [0.1, 0.15) is 6.42 Å². The fraction of sp³-hybridized carbons (Fsp3) is 0.385. The minimum Gasteiger partial charge on any atom is -0.469 e. The Labute approximate surface area is 106 Å². The lowest BCUT2D eigenvalue weighted by Gasteiger charge is -2.35. The zero-order valence-corrected chi connectivity index (χ0v) is 10.5. The van der Waals surface area contributed by atoms with Crippen LogP contribution < -0.4 is 9.80 Å². The first-order chi connectivity index (χ1) is 8.63. The van der Waals surface area contributed by atoms with Gasteiger partial charge in [-0.05, 0) is 12.1 Å². The van der Waals surface area contributed by atoms with Crippen LogP contribution in [0.4, 0.5) is 11.4 Å². The van der Waals surface area contributed by atoms with E-state index < -0.39 is 0 Å². The predicted molar refractivity (Wildman–Crippen MR) is 68.7 cm³/mol. The molecule has 1 aliphatic heterocycles. The fourth-order valence-electron chi connectivity index (χ4n) is 2.07. The summed E-state index contributed by atoms with van der Waals surface area (Å²) in [5.41, 5.74) is 1.85. The minimum atomic E-state index is -0.306. The Morgan fingerprint density at radius 3 is 2.67 bits per heavy atom. The van der Waals surface area contributed by atoms with E-state index in [2.05, 4.69) is 4.74 Å². The first-order valence-electron chi connectivity index (χ1n) is 5.81. The topological polar surface area (TPSA) is 49.9 Å². The lowest BCUT2D eigenvalue weighted by molar-refractivity contribution is -0.140. The van der Waals surface area contributed by atoms with Crippen molar-refractivity contribution in [2.45, 2.75) is 6.42 Å². The van der Waals surface area contributed by atoms with Gasteiger partial charge in [0.2, 0.25) is 5.91 Å². The van der Waals surface area contributed by atoms with Crippen molar-refractivity contribution in [2.24, 2.45) is 0 Å². The number of carbonyl (C=O) groups is 2. The summed E-state index contributed by atoms with van der Waals surface area (Å²) in [6, 6.07) is 7.67. The number of methoxy groups -OCH3 is 1. The predicted octanol–water partition coefficient (Wildman–Crippen LogP) is 1.03. The molecule has 1 amide bonds. The number of anilines is 2. The van der Waals surface area contributed by atoms with Crippen molar-refractivity contribution in [1.29, 1.82) is 0 Å². The standard InChI is InChI=1S/C13H16N2O3/c1-14-9-12(16)15(8-7-13(17)18-2)11-6-4-3-5-10(11)14/h3-6H,7-9H2,1-2H3. The number of esters is 1. The SMILES string of the molecule is COC(=O)CCN1C(=O)CN(C)c2ccccc21. The average molecular weight is 248 g/mol. The van der Waals surface area contributed by atoms with Crippen LogP contribution in [0, 0.1) is 0 Å². The summed E-state index contributed by atoms with van der Waals surface area (Å²) in [6.07, 6.45) is 0.209. The molecule has 0 unspecified atom stereocenters. The van der Waals surface area contributed by atoms with E-state index in [9.17, 15) is 9.59 Å². The van der Waals surface area contributed by atoms with Crippen LogP contribution in [0.25, 0.3) is 0 Å². The number of para-hydroxylation sites is 2. The quantitative estimate of drug-likeness (QED) is 0.750. The highest BCUT2D eigenvalue weighted by molar-refractivity contribution is 6.03. The molecule has 1 aromatic carbocycles. The van der Waals surface area contributed by atoms with Gasteiger partial charge >= 0.3 is 5.97 Å².